The quantitative estimate of drug-likeness (QED) is 0.646. The lowest BCUT2D eigenvalue weighted by Gasteiger charge is -2.21. The molecular formula is C20H22ClN3O6S. The van der Waals surface area contributed by atoms with E-state index in [-0.39, 0.29) is 21.5 Å². The third-order valence-corrected chi connectivity index (χ3v) is 6.89. The fourth-order valence-corrected chi connectivity index (χ4v) is 4.55. The van der Waals surface area contributed by atoms with Gasteiger partial charge in [0, 0.05) is 25.2 Å². The highest BCUT2D eigenvalue weighted by atomic mass is 35.5. The van der Waals surface area contributed by atoms with E-state index in [1.54, 1.807) is 6.07 Å². The minimum atomic E-state index is -3.93. The molecule has 0 bridgehead atoms. The van der Waals surface area contributed by atoms with Gasteiger partial charge in [-0.05, 0) is 36.2 Å². The molecule has 0 unspecified atom stereocenters. The summed E-state index contributed by atoms with van der Waals surface area (Å²) in [5, 5.41) is 5.58. The third-order valence-electron chi connectivity index (χ3n) is 4.79. The van der Waals surface area contributed by atoms with Crippen LogP contribution in [0.3, 0.4) is 0 Å². The van der Waals surface area contributed by atoms with Gasteiger partial charge in [0.1, 0.15) is 11.5 Å². The first-order valence-electron chi connectivity index (χ1n) is 9.26. The number of halogens is 1. The number of anilines is 2. The molecule has 0 radical (unpaired) electrons. The van der Waals surface area contributed by atoms with Gasteiger partial charge in [0.15, 0.2) is 0 Å². The lowest BCUT2D eigenvalue weighted by atomic mass is 10.0. The molecule has 3 rings (SSSR count). The van der Waals surface area contributed by atoms with E-state index in [0.29, 0.717) is 30.0 Å². The van der Waals surface area contributed by atoms with E-state index >= 15 is 0 Å². The maximum atomic E-state index is 12.9. The van der Waals surface area contributed by atoms with E-state index < -0.39 is 22.5 Å². The van der Waals surface area contributed by atoms with Crippen LogP contribution in [0.1, 0.15) is 12.0 Å². The van der Waals surface area contributed by atoms with E-state index in [1.807, 2.05) is 0 Å². The van der Waals surface area contributed by atoms with Crippen LogP contribution in [0.5, 0.6) is 11.5 Å². The molecule has 1 aliphatic heterocycles. The second-order valence-electron chi connectivity index (χ2n) is 6.86. The Bertz CT molecular complexity index is 1140. The van der Waals surface area contributed by atoms with Crippen molar-refractivity contribution in [1.29, 1.82) is 0 Å². The largest absolute Gasteiger partial charge is 0.495 e. The molecule has 0 atom stereocenters. The Morgan fingerprint density at radius 3 is 2.55 bits per heavy atom. The molecular weight excluding hydrogens is 446 g/mol. The summed E-state index contributed by atoms with van der Waals surface area (Å²) in [5.41, 5.74) is 1.61. The predicted molar refractivity (Wildman–Crippen MR) is 116 cm³/mol. The number of rotatable bonds is 7. The van der Waals surface area contributed by atoms with Crippen molar-refractivity contribution < 1.29 is 27.5 Å². The lowest BCUT2D eigenvalue weighted by molar-refractivity contribution is -0.117. The van der Waals surface area contributed by atoms with Crippen molar-refractivity contribution in [3.05, 3.63) is 40.9 Å². The van der Waals surface area contributed by atoms with Crippen molar-refractivity contribution in [2.24, 2.45) is 0 Å². The summed E-state index contributed by atoms with van der Waals surface area (Å²) in [6, 6.07) is 7.45. The Morgan fingerprint density at radius 2 is 1.87 bits per heavy atom. The zero-order valence-electron chi connectivity index (χ0n) is 17.2. The molecule has 2 N–H and O–H groups in total. The Hall–Kier alpha value is -2.82. The summed E-state index contributed by atoms with van der Waals surface area (Å²) in [6.07, 6.45) is 0.744. The maximum Gasteiger partial charge on any atom is 0.243 e. The van der Waals surface area contributed by atoms with Crippen LogP contribution < -0.4 is 20.1 Å². The molecule has 1 heterocycles. The van der Waals surface area contributed by atoms with Crippen LogP contribution in [0.15, 0.2) is 35.2 Å². The van der Waals surface area contributed by atoms with Crippen molar-refractivity contribution in [3.63, 3.8) is 0 Å². The highest BCUT2D eigenvalue weighted by molar-refractivity contribution is 7.89. The summed E-state index contributed by atoms with van der Waals surface area (Å²) in [7, 11) is 0.264. The molecule has 2 amide bonds. The van der Waals surface area contributed by atoms with Gasteiger partial charge in [0.25, 0.3) is 0 Å². The first-order valence-corrected chi connectivity index (χ1v) is 11.1. The van der Waals surface area contributed by atoms with Crippen molar-refractivity contribution in [3.8, 4) is 11.5 Å². The maximum absolute atomic E-state index is 12.9. The standard InChI is InChI=1S/C20H22ClN3O6S/c1-24(11-20(26)23-16-9-14(21)17(29-2)10-18(16)30-3)31(27,28)13-5-6-15-12(8-13)4-7-19(25)22-15/h5-6,8-10H,4,7,11H2,1-3H3,(H,22,25)(H,23,26). The topological polar surface area (TPSA) is 114 Å². The monoisotopic (exact) mass is 467 g/mol. The first kappa shape index (κ1) is 22.9. The van der Waals surface area contributed by atoms with Crippen LogP contribution in [0.2, 0.25) is 5.02 Å². The second kappa shape index (κ2) is 9.13. The van der Waals surface area contributed by atoms with Crippen molar-refractivity contribution >= 4 is 44.8 Å². The first-order chi connectivity index (χ1) is 14.6. The van der Waals surface area contributed by atoms with E-state index in [2.05, 4.69) is 10.6 Å². The number of carbonyl (C=O) groups excluding carboxylic acids is 2. The number of methoxy groups -OCH3 is 2. The van der Waals surface area contributed by atoms with Gasteiger partial charge in [-0.2, -0.15) is 4.31 Å². The third kappa shape index (κ3) is 4.92. The van der Waals surface area contributed by atoms with Crippen LogP contribution in [-0.2, 0) is 26.0 Å². The van der Waals surface area contributed by atoms with Crippen LogP contribution in [-0.4, -0.2) is 52.3 Å². The number of ether oxygens (including phenoxy) is 2. The number of hydrogen-bond acceptors (Lipinski definition) is 6. The normalized spacial score (nSPS) is 13.4. The summed E-state index contributed by atoms with van der Waals surface area (Å²) in [6.45, 7) is -0.428. The van der Waals surface area contributed by atoms with Gasteiger partial charge < -0.3 is 20.1 Å². The van der Waals surface area contributed by atoms with Gasteiger partial charge >= 0.3 is 0 Å². The Balaban J connectivity index is 1.75. The average Bonchev–Trinajstić information content (AvgIpc) is 2.73. The minimum Gasteiger partial charge on any atom is -0.495 e. The molecule has 0 saturated carbocycles. The fraction of sp³-hybridized carbons (Fsp3) is 0.300. The zero-order valence-corrected chi connectivity index (χ0v) is 18.8. The number of carbonyl (C=O) groups is 2. The van der Waals surface area contributed by atoms with Gasteiger partial charge in [-0.15, -0.1) is 0 Å². The average molecular weight is 468 g/mol. The van der Waals surface area contributed by atoms with Crippen LogP contribution >= 0.6 is 11.6 Å². The molecule has 0 spiro atoms. The van der Waals surface area contributed by atoms with Crippen molar-refractivity contribution in [1.82, 2.24) is 4.31 Å². The molecule has 0 aromatic heterocycles. The van der Waals surface area contributed by atoms with Crippen LogP contribution in [0.25, 0.3) is 0 Å². The number of benzene rings is 2. The number of aryl methyl sites for hydroxylation is 1. The fourth-order valence-electron chi connectivity index (χ4n) is 3.13. The zero-order chi connectivity index (χ0) is 22.8. The SMILES string of the molecule is COc1cc(OC)c(NC(=O)CN(C)S(=O)(=O)c2ccc3c(c2)CCC(=O)N3)cc1Cl. The molecule has 31 heavy (non-hydrogen) atoms. The highest BCUT2D eigenvalue weighted by Crippen LogP contribution is 2.36. The van der Waals surface area contributed by atoms with E-state index in [4.69, 9.17) is 21.1 Å². The number of hydrogen-bond donors (Lipinski definition) is 2. The van der Waals surface area contributed by atoms with Gasteiger partial charge in [0.05, 0.1) is 36.4 Å². The number of sulfonamides is 1. The second-order valence-corrected chi connectivity index (χ2v) is 9.32. The summed E-state index contributed by atoms with van der Waals surface area (Å²) in [4.78, 5) is 24.0. The number of likely N-dealkylation sites (N-methyl/N-ethyl adjacent to an activating group) is 1. The van der Waals surface area contributed by atoms with Gasteiger partial charge in [0.2, 0.25) is 21.8 Å². The Morgan fingerprint density at radius 1 is 1.16 bits per heavy atom. The highest BCUT2D eigenvalue weighted by Gasteiger charge is 2.26. The van der Waals surface area contributed by atoms with Crippen molar-refractivity contribution in [2.45, 2.75) is 17.7 Å². The Labute approximate surface area is 185 Å². The van der Waals surface area contributed by atoms with Crippen molar-refractivity contribution in [2.75, 3.05) is 38.4 Å². The number of fused-ring (bicyclic) bond motifs is 1. The van der Waals surface area contributed by atoms with Gasteiger partial charge in [-0.25, -0.2) is 8.42 Å². The van der Waals surface area contributed by atoms with E-state index in [9.17, 15) is 18.0 Å². The van der Waals surface area contributed by atoms with E-state index in [0.717, 1.165) is 9.87 Å². The number of nitrogens with zero attached hydrogens (tertiary/aromatic N) is 1. The summed E-state index contributed by atoms with van der Waals surface area (Å²) < 4.78 is 37.1. The summed E-state index contributed by atoms with van der Waals surface area (Å²) in [5.74, 6) is 0.0125. The summed E-state index contributed by atoms with van der Waals surface area (Å²) >= 11 is 6.10. The smallest absolute Gasteiger partial charge is 0.243 e. The molecule has 1 aliphatic rings. The predicted octanol–water partition coefficient (Wildman–Crippen LogP) is 2.50. The molecule has 9 nitrogen and oxygen atoms in total. The molecule has 2 aromatic rings. The molecule has 166 valence electrons. The Kier molecular flexibility index (Phi) is 6.73. The molecule has 0 aliphatic carbocycles. The molecule has 11 heteroatoms. The van der Waals surface area contributed by atoms with Gasteiger partial charge in [-0.1, -0.05) is 11.6 Å². The van der Waals surface area contributed by atoms with Crippen LogP contribution in [0.4, 0.5) is 11.4 Å². The van der Waals surface area contributed by atoms with Crippen LogP contribution in [0, 0.1) is 0 Å². The lowest BCUT2D eigenvalue weighted by Crippen LogP contribution is -2.35. The van der Waals surface area contributed by atoms with E-state index in [1.165, 1.54) is 45.5 Å². The molecule has 2 aromatic carbocycles. The minimum absolute atomic E-state index is 0.0442. The number of nitrogens with one attached hydrogen (secondary N) is 2. The molecule has 0 fully saturated rings. The molecule has 0 saturated heterocycles. The van der Waals surface area contributed by atoms with Gasteiger partial charge in [-0.3, -0.25) is 9.59 Å². The number of amides is 2.